The number of ether oxygens (including phenoxy) is 2. The summed E-state index contributed by atoms with van der Waals surface area (Å²) in [6.07, 6.45) is 1.24. The highest BCUT2D eigenvalue weighted by atomic mass is 16.5. The number of hydrogen-bond donors (Lipinski definition) is 2. The third-order valence-electron chi connectivity index (χ3n) is 3.71. The number of anilines is 2. The Hall–Kier alpha value is -2.69. The molecular formula is C21H28N2O3. The lowest BCUT2D eigenvalue weighted by Crippen LogP contribution is -2.21. The van der Waals surface area contributed by atoms with Crippen molar-refractivity contribution in [3.05, 3.63) is 48.5 Å². The van der Waals surface area contributed by atoms with Crippen LogP contribution in [0.4, 0.5) is 11.4 Å². The summed E-state index contributed by atoms with van der Waals surface area (Å²) >= 11 is 0. The van der Waals surface area contributed by atoms with Crippen LogP contribution in [0.3, 0.4) is 0 Å². The Morgan fingerprint density at radius 1 is 0.962 bits per heavy atom. The molecular weight excluding hydrogens is 328 g/mol. The van der Waals surface area contributed by atoms with E-state index in [1.54, 1.807) is 0 Å². The Balaban J connectivity index is 1.83. The molecule has 0 aliphatic rings. The monoisotopic (exact) mass is 356 g/mol. The Kier molecular flexibility index (Phi) is 7.33. The van der Waals surface area contributed by atoms with Crippen LogP contribution in [0, 0.1) is 0 Å². The van der Waals surface area contributed by atoms with Crippen LogP contribution >= 0.6 is 0 Å². The van der Waals surface area contributed by atoms with E-state index in [4.69, 9.17) is 9.47 Å². The summed E-state index contributed by atoms with van der Waals surface area (Å²) in [6, 6.07) is 15.0. The Bertz CT molecular complexity index is 699. The summed E-state index contributed by atoms with van der Waals surface area (Å²) in [5.41, 5.74) is 1.58. The molecule has 2 aromatic rings. The quantitative estimate of drug-likeness (QED) is 0.684. The van der Waals surface area contributed by atoms with Crippen molar-refractivity contribution in [1.29, 1.82) is 0 Å². The lowest BCUT2D eigenvalue weighted by Gasteiger charge is -2.13. The molecule has 26 heavy (non-hydrogen) atoms. The first-order valence-corrected chi connectivity index (χ1v) is 9.03. The maximum absolute atomic E-state index is 12.1. The smallest absolute Gasteiger partial charge is 0.243 e. The highest BCUT2D eigenvalue weighted by molar-refractivity contribution is 5.93. The Morgan fingerprint density at radius 2 is 1.69 bits per heavy atom. The predicted octanol–water partition coefficient (Wildman–Crippen LogP) is 4.70. The fourth-order valence-corrected chi connectivity index (χ4v) is 2.27. The molecule has 0 saturated heterocycles. The molecule has 0 aliphatic carbocycles. The van der Waals surface area contributed by atoms with Gasteiger partial charge in [-0.05, 0) is 63.6 Å². The van der Waals surface area contributed by atoms with E-state index in [2.05, 4.69) is 17.6 Å². The fourth-order valence-electron chi connectivity index (χ4n) is 2.27. The van der Waals surface area contributed by atoms with Crippen molar-refractivity contribution in [1.82, 2.24) is 0 Å². The standard InChI is InChI=1S/C21H28N2O3/c1-5-16(4)26-19-11-9-17(10-12-19)22-14-21(24)23-18-7-6-8-20(13-18)25-15(2)3/h6-13,15-16,22H,5,14H2,1-4H3,(H,23,24). The number of amides is 1. The van der Waals surface area contributed by atoms with Crippen molar-refractivity contribution in [2.45, 2.75) is 46.3 Å². The maximum atomic E-state index is 12.1. The molecule has 0 bridgehead atoms. The first-order chi connectivity index (χ1) is 12.5. The molecule has 2 N–H and O–H groups in total. The van der Waals surface area contributed by atoms with Gasteiger partial charge in [0, 0.05) is 17.4 Å². The summed E-state index contributed by atoms with van der Waals surface area (Å²) < 4.78 is 11.4. The average molecular weight is 356 g/mol. The maximum Gasteiger partial charge on any atom is 0.243 e. The normalized spacial score (nSPS) is 11.7. The topological polar surface area (TPSA) is 59.6 Å². The Labute approximate surface area is 155 Å². The third kappa shape index (κ3) is 6.67. The van der Waals surface area contributed by atoms with E-state index in [-0.39, 0.29) is 24.7 Å². The second-order valence-corrected chi connectivity index (χ2v) is 6.46. The molecule has 0 aliphatic heterocycles. The summed E-state index contributed by atoms with van der Waals surface area (Å²) in [5, 5.41) is 5.97. The predicted molar refractivity (Wildman–Crippen MR) is 106 cm³/mol. The fraction of sp³-hybridized carbons (Fsp3) is 0.381. The first-order valence-electron chi connectivity index (χ1n) is 9.03. The third-order valence-corrected chi connectivity index (χ3v) is 3.71. The molecule has 2 rings (SSSR count). The van der Waals surface area contributed by atoms with E-state index in [1.165, 1.54) is 0 Å². The van der Waals surface area contributed by atoms with Crippen LogP contribution in [0.2, 0.25) is 0 Å². The van der Waals surface area contributed by atoms with Crippen LogP contribution in [0.15, 0.2) is 48.5 Å². The summed E-state index contributed by atoms with van der Waals surface area (Å²) in [7, 11) is 0. The van der Waals surface area contributed by atoms with E-state index in [9.17, 15) is 4.79 Å². The highest BCUT2D eigenvalue weighted by Crippen LogP contribution is 2.19. The molecule has 0 saturated carbocycles. The number of carbonyl (C=O) groups is 1. The van der Waals surface area contributed by atoms with Crippen LogP contribution in [-0.4, -0.2) is 24.7 Å². The molecule has 1 amide bonds. The number of nitrogens with one attached hydrogen (secondary N) is 2. The minimum absolute atomic E-state index is 0.0925. The summed E-state index contributed by atoms with van der Waals surface area (Å²) in [5.74, 6) is 1.45. The minimum atomic E-state index is -0.119. The van der Waals surface area contributed by atoms with Gasteiger partial charge in [-0.15, -0.1) is 0 Å². The van der Waals surface area contributed by atoms with Gasteiger partial charge in [-0.1, -0.05) is 13.0 Å². The average Bonchev–Trinajstić information content (AvgIpc) is 2.60. The molecule has 1 atom stereocenters. The molecule has 0 radical (unpaired) electrons. The van der Waals surface area contributed by atoms with Gasteiger partial charge in [0.05, 0.1) is 18.8 Å². The van der Waals surface area contributed by atoms with Gasteiger partial charge >= 0.3 is 0 Å². The first kappa shape index (κ1) is 19.6. The number of benzene rings is 2. The summed E-state index contributed by atoms with van der Waals surface area (Å²) in [6.45, 7) is 8.24. The van der Waals surface area contributed by atoms with E-state index >= 15 is 0 Å². The van der Waals surface area contributed by atoms with Crippen molar-refractivity contribution in [2.75, 3.05) is 17.2 Å². The van der Waals surface area contributed by atoms with Crippen LogP contribution in [-0.2, 0) is 4.79 Å². The molecule has 0 spiro atoms. The highest BCUT2D eigenvalue weighted by Gasteiger charge is 2.05. The zero-order valence-corrected chi connectivity index (χ0v) is 15.9. The van der Waals surface area contributed by atoms with Crippen LogP contribution in [0.25, 0.3) is 0 Å². The van der Waals surface area contributed by atoms with Crippen LogP contribution in [0.1, 0.15) is 34.1 Å². The van der Waals surface area contributed by atoms with Gasteiger partial charge in [0.25, 0.3) is 0 Å². The Morgan fingerprint density at radius 3 is 2.35 bits per heavy atom. The molecule has 0 heterocycles. The van der Waals surface area contributed by atoms with E-state index in [0.717, 1.165) is 23.6 Å². The minimum Gasteiger partial charge on any atom is -0.491 e. The lowest BCUT2D eigenvalue weighted by atomic mass is 10.2. The molecule has 0 fully saturated rings. The van der Waals surface area contributed by atoms with Crippen LogP contribution < -0.4 is 20.1 Å². The number of rotatable bonds is 9. The van der Waals surface area contributed by atoms with Crippen molar-refractivity contribution in [3.63, 3.8) is 0 Å². The summed E-state index contributed by atoms with van der Waals surface area (Å²) in [4.78, 5) is 12.1. The van der Waals surface area contributed by atoms with Crippen LogP contribution in [0.5, 0.6) is 11.5 Å². The zero-order valence-electron chi connectivity index (χ0n) is 15.9. The van der Waals surface area contributed by atoms with Crippen molar-refractivity contribution >= 4 is 17.3 Å². The van der Waals surface area contributed by atoms with Gasteiger partial charge in [0.2, 0.25) is 5.91 Å². The van der Waals surface area contributed by atoms with Crippen molar-refractivity contribution < 1.29 is 14.3 Å². The van der Waals surface area contributed by atoms with E-state index < -0.39 is 0 Å². The van der Waals surface area contributed by atoms with Gasteiger partial charge in [0.1, 0.15) is 11.5 Å². The SMILES string of the molecule is CCC(C)Oc1ccc(NCC(=O)Nc2cccc(OC(C)C)c2)cc1. The van der Waals surface area contributed by atoms with Crippen molar-refractivity contribution in [3.8, 4) is 11.5 Å². The van der Waals surface area contributed by atoms with Crippen molar-refractivity contribution in [2.24, 2.45) is 0 Å². The van der Waals surface area contributed by atoms with Gasteiger partial charge in [-0.3, -0.25) is 4.79 Å². The second-order valence-electron chi connectivity index (χ2n) is 6.46. The van der Waals surface area contributed by atoms with Gasteiger partial charge in [-0.2, -0.15) is 0 Å². The lowest BCUT2D eigenvalue weighted by molar-refractivity contribution is -0.114. The largest absolute Gasteiger partial charge is 0.491 e. The molecule has 0 aromatic heterocycles. The van der Waals surface area contributed by atoms with Gasteiger partial charge in [-0.25, -0.2) is 0 Å². The second kappa shape index (κ2) is 9.70. The molecule has 5 nitrogen and oxygen atoms in total. The molecule has 5 heteroatoms. The van der Waals surface area contributed by atoms with E-state index in [1.807, 2.05) is 69.3 Å². The van der Waals surface area contributed by atoms with Gasteiger partial charge in [0.15, 0.2) is 0 Å². The molecule has 1 unspecified atom stereocenters. The molecule has 140 valence electrons. The van der Waals surface area contributed by atoms with E-state index in [0.29, 0.717) is 5.69 Å². The molecule has 2 aromatic carbocycles. The van der Waals surface area contributed by atoms with Gasteiger partial charge < -0.3 is 20.1 Å². The zero-order chi connectivity index (χ0) is 18.9. The number of carbonyl (C=O) groups excluding carboxylic acids is 1. The number of hydrogen-bond acceptors (Lipinski definition) is 4.